The number of aromatic hydroxyl groups is 1. The van der Waals surface area contributed by atoms with Crippen LogP contribution in [0.15, 0.2) is 63.8 Å². The Bertz CT molecular complexity index is 1980. The van der Waals surface area contributed by atoms with E-state index >= 15 is 0 Å². The van der Waals surface area contributed by atoms with Crippen LogP contribution in [0.25, 0.3) is 33.4 Å². The van der Waals surface area contributed by atoms with Gasteiger partial charge in [0.2, 0.25) is 23.6 Å². The zero-order valence-electron chi connectivity index (χ0n) is 26.5. The minimum Gasteiger partial charge on any atom is -0.508 e. The first-order valence-electron chi connectivity index (χ1n) is 15.3. The van der Waals surface area contributed by atoms with Gasteiger partial charge in [0.05, 0.1) is 25.2 Å². The zero-order chi connectivity index (χ0) is 36.4. The molecule has 0 bridgehead atoms. The Morgan fingerprint density at radius 1 is 0.860 bits per heavy atom. The molecule has 1 atom stereocenters. The lowest BCUT2D eigenvalue weighted by atomic mass is 9.90. The number of primary amides is 1. The molecule has 262 valence electrons. The van der Waals surface area contributed by atoms with Gasteiger partial charge in [-0.15, -0.1) is 0 Å². The predicted octanol–water partition coefficient (Wildman–Crippen LogP) is 0.587. The highest BCUT2D eigenvalue weighted by molar-refractivity contribution is 7.80. The van der Waals surface area contributed by atoms with E-state index < -0.39 is 42.2 Å². The number of anilines is 1. The van der Waals surface area contributed by atoms with Crippen LogP contribution < -0.4 is 43.5 Å². The van der Waals surface area contributed by atoms with Crippen LogP contribution in [-0.2, 0) is 19.2 Å². The highest BCUT2D eigenvalue weighted by Gasteiger charge is 2.23. The molecule has 2 aromatic rings. The summed E-state index contributed by atoms with van der Waals surface area (Å²) in [5.74, 6) is -3.56. The summed E-state index contributed by atoms with van der Waals surface area (Å²) in [5.41, 5.74) is 12.2. The van der Waals surface area contributed by atoms with Gasteiger partial charge in [-0.1, -0.05) is 6.07 Å². The average Bonchev–Trinajstić information content (AvgIpc) is 3.07. The monoisotopic (exact) mass is 705 g/mol. The maximum Gasteiger partial charge on any atom is 0.336 e. The zero-order valence-corrected chi connectivity index (χ0v) is 27.4. The number of carboxylic acids is 1. The lowest BCUT2D eigenvalue weighted by molar-refractivity contribution is -0.129. The number of nitrogens with one attached hydrogen (secondary N) is 5. The second-order valence-corrected chi connectivity index (χ2v) is 11.4. The highest BCUT2D eigenvalue weighted by Crippen LogP contribution is 2.42. The van der Waals surface area contributed by atoms with Crippen molar-refractivity contribution in [3.8, 4) is 28.2 Å². The number of aromatic carboxylic acids is 1. The maximum absolute atomic E-state index is 12.5. The van der Waals surface area contributed by atoms with Crippen molar-refractivity contribution in [3.63, 3.8) is 0 Å². The summed E-state index contributed by atoms with van der Waals surface area (Å²) in [4.78, 5) is 71.4. The first-order valence-corrected chi connectivity index (χ1v) is 15.7. The number of amides is 4. The normalized spacial score (nSPS) is 11.4. The van der Waals surface area contributed by atoms with Gasteiger partial charge in [-0.2, -0.15) is 0 Å². The molecule has 0 fully saturated rings. The van der Waals surface area contributed by atoms with Crippen LogP contribution in [0.1, 0.15) is 29.6 Å². The Kier molecular flexibility index (Phi) is 12.4. The molecule has 0 spiro atoms. The number of unbranched alkanes of at least 4 members (excludes halogenated alkanes) is 1. The fourth-order valence-electron chi connectivity index (χ4n) is 5.04. The molecule has 4 rings (SSSR count). The number of phenolic OH excluding ortho intramolecular Hbond substituents is 1. The standard InChI is InChI=1S/C33H35N7O9S/c34-14-27(43)37-15-28(44)38-16-29(45)40-24(31(35)46)3-1-2-10-36-33(50)39-17-4-7-20(23(11-17)32(47)48)30-21-8-5-18(41)12-25(21)49-26-13-19(42)6-9-22(26)30/h4-9,11-13,24,41H,1-3,10,14-16,34H2,(H2,35,46)(H,37,43)(H,38,44)(H,40,45)(H,47,48)(H2,36,39,50)/t24-/m0/s1. The van der Waals surface area contributed by atoms with Crippen LogP contribution in [-0.4, -0.2) is 77.1 Å². The van der Waals surface area contributed by atoms with E-state index in [1.165, 1.54) is 30.3 Å². The van der Waals surface area contributed by atoms with Gasteiger partial charge >= 0.3 is 5.97 Å². The van der Waals surface area contributed by atoms with E-state index in [9.17, 15) is 39.0 Å². The van der Waals surface area contributed by atoms with Crippen LogP contribution >= 0.6 is 12.2 Å². The second-order valence-electron chi connectivity index (χ2n) is 11.0. The fourth-order valence-corrected chi connectivity index (χ4v) is 5.26. The molecule has 17 heteroatoms. The van der Waals surface area contributed by atoms with Crippen molar-refractivity contribution in [1.29, 1.82) is 0 Å². The molecule has 0 saturated carbocycles. The van der Waals surface area contributed by atoms with E-state index in [1.807, 2.05) is 0 Å². The van der Waals surface area contributed by atoms with Crippen LogP contribution in [0.4, 0.5) is 5.69 Å². The number of benzene rings is 3. The largest absolute Gasteiger partial charge is 0.508 e. The van der Waals surface area contributed by atoms with Gasteiger partial charge in [-0.25, -0.2) is 4.79 Å². The predicted molar refractivity (Wildman–Crippen MR) is 187 cm³/mol. The van der Waals surface area contributed by atoms with Gasteiger partial charge in [0, 0.05) is 40.9 Å². The van der Waals surface area contributed by atoms with Crippen molar-refractivity contribution in [2.45, 2.75) is 25.3 Å². The highest BCUT2D eigenvalue weighted by atomic mass is 32.1. The smallest absolute Gasteiger partial charge is 0.336 e. The Balaban J connectivity index is 1.33. The molecule has 1 aliphatic heterocycles. The third kappa shape index (κ3) is 9.74. The summed E-state index contributed by atoms with van der Waals surface area (Å²) in [6, 6.07) is 12.4. The Morgan fingerprint density at radius 2 is 1.58 bits per heavy atom. The van der Waals surface area contributed by atoms with Gasteiger partial charge < -0.3 is 52.7 Å². The average molecular weight is 706 g/mol. The van der Waals surface area contributed by atoms with Gasteiger partial charge in [0.1, 0.15) is 23.1 Å². The van der Waals surface area contributed by atoms with E-state index in [0.717, 1.165) is 0 Å². The molecule has 0 saturated heterocycles. The van der Waals surface area contributed by atoms with E-state index in [2.05, 4.69) is 26.6 Å². The van der Waals surface area contributed by atoms with E-state index in [1.54, 1.807) is 24.3 Å². The Morgan fingerprint density at radius 3 is 2.30 bits per heavy atom. The number of thiocarbonyl (C=S) groups is 1. The summed E-state index contributed by atoms with van der Waals surface area (Å²) in [6.07, 6.45) is 1.21. The lowest BCUT2D eigenvalue weighted by Gasteiger charge is -2.18. The number of phenols is 1. The van der Waals surface area contributed by atoms with Crippen molar-refractivity contribution < 1.29 is 38.6 Å². The number of carbonyl (C=O) groups excluding carboxylic acids is 4. The Labute approximate surface area is 289 Å². The summed E-state index contributed by atoms with van der Waals surface area (Å²) in [6.45, 7) is -0.680. The van der Waals surface area contributed by atoms with Crippen molar-refractivity contribution in [2.24, 2.45) is 11.5 Å². The summed E-state index contributed by atoms with van der Waals surface area (Å²) in [7, 11) is 0. The number of hydrogen-bond acceptors (Lipinski definition) is 10. The quantitative estimate of drug-likeness (QED) is 0.0466. The molecule has 1 aliphatic carbocycles. The van der Waals surface area contributed by atoms with Crippen LogP contribution in [0.3, 0.4) is 0 Å². The first kappa shape index (κ1) is 36.8. The van der Waals surface area contributed by atoms with E-state index in [0.29, 0.717) is 47.2 Å². The van der Waals surface area contributed by atoms with E-state index in [4.69, 9.17) is 28.1 Å². The molecular weight excluding hydrogens is 670 g/mol. The molecule has 50 heavy (non-hydrogen) atoms. The number of hydrogen-bond donors (Lipinski definition) is 9. The topological polar surface area (TPSA) is 268 Å². The number of carbonyl (C=O) groups is 5. The number of rotatable bonds is 15. The van der Waals surface area contributed by atoms with Gasteiger partial charge in [0.25, 0.3) is 0 Å². The van der Waals surface area contributed by atoms with Crippen LogP contribution in [0.5, 0.6) is 5.75 Å². The second kappa shape index (κ2) is 16.8. The fraction of sp³-hybridized carbons (Fsp3) is 0.242. The van der Waals surface area contributed by atoms with Crippen molar-refractivity contribution >= 4 is 63.6 Å². The lowest BCUT2D eigenvalue weighted by Crippen LogP contribution is -2.49. The molecule has 1 heterocycles. The molecule has 2 aromatic carbocycles. The van der Waals surface area contributed by atoms with Gasteiger partial charge in [0.15, 0.2) is 10.5 Å². The SMILES string of the molecule is NCC(=O)NCC(=O)NCC(=O)N[C@@H](CCCCNC(=S)Nc1ccc(-c2c3ccc(=O)cc-3oc3cc(O)ccc23)c(C(=O)O)c1)C(N)=O. The molecule has 11 N–H and O–H groups in total. The molecule has 0 unspecified atom stereocenters. The molecule has 0 aromatic heterocycles. The molecule has 2 aliphatic rings. The molecule has 0 radical (unpaired) electrons. The first-order chi connectivity index (χ1) is 23.9. The molecule has 16 nitrogen and oxygen atoms in total. The minimum absolute atomic E-state index is 0.0525. The van der Waals surface area contributed by atoms with Crippen LogP contribution in [0, 0.1) is 0 Å². The Hall–Kier alpha value is -6.07. The molecule has 4 amide bonds. The maximum atomic E-state index is 12.5. The number of carboxylic acid groups (broad SMARTS) is 1. The van der Waals surface area contributed by atoms with E-state index in [-0.39, 0.29) is 52.7 Å². The van der Waals surface area contributed by atoms with Crippen molar-refractivity contribution in [3.05, 3.63) is 70.4 Å². The summed E-state index contributed by atoms with van der Waals surface area (Å²) < 4.78 is 5.86. The van der Waals surface area contributed by atoms with Gasteiger partial charge in [-0.3, -0.25) is 24.0 Å². The summed E-state index contributed by atoms with van der Waals surface area (Å²) in [5, 5.41) is 33.9. The molecular formula is C33H35N7O9S. The third-order valence-electron chi connectivity index (χ3n) is 7.42. The van der Waals surface area contributed by atoms with Crippen LogP contribution in [0.2, 0.25) is 0 Å². The minimum atomic E-state index is -1.21. The third-order valence-corrected chi connectivity index (χ3v) is 7.66. The summed E-state index contributed by atoms with van der Waals surface area (Å²) >= 11 is 5.38. The number of nitrogens with two attached hydrogens (primary N) is 2. The number of fused-ring (bicyclic) bond motifs is 2. The van der Waals surface area contributed by atoms with Crippen molar-refractivity contribution in [1.82, 2.24) is 21.3 Å². The van der Waals surface area contributed by atoms with Gasteiger partial charge in [-0.05, 0) is 73.4 Å². The van der Waals surface area contributed by atoms with Crippen molar-refractivity contribution in [2.75, 3.05) is 31.5 Å².